The molecule has 3 nitrogen and oxygen atoms in total. The van der Waals surface area contributed by atoms with E-state index in [1.54, 1.807) is 18.2 Å². The van der Waals surface area contributed by atoms with E-state index in [-0.39, 0.29) is 6.42 Å². The van der Waals surface area contributed by atoms with Gasteiger partial charge in [-0.05, 0) is 18.2 Å². The zero-order chi connectivity index (χ0) is 12.4. The summed E-state index contributed by atoms with van der Waals surface area (Å²) in [5.74, 6) is -0.395. The van der Waals surface area contributed by atoms with E-state index >= 15 is 0 Å². The van der Waals surface area contributed by atoms with E-state index < -0.39 is 5.91 Å². The normalized spacial score (nSPS) is 10.5. The Morgan fingerprint density at radius 1 is 1.41 bits per heavy atom. The molecule has 1 aromatic carbocycles. The second kappa shape index (κ2) is 5.04. The number of nitrogens with two attached hydrogens (primary N) is 1. The van der Waals surface area contributed by atoms with Crippen LogP contribution < -0.4 is 5.73 Å². The van der Waals surface area contributed by atoms with Crippen molar-refractivity contribution >= 4 is 40.4 Å². The van der Waals surface area contributed by atoms with Crippen LogP contribution in [0, 0.1) is 0 Å². The van der Waals surface area contributed by atoms with Gasteiger partial charge in [-0.15, -0.1) is 11.3 Å². The molecule has 2 N–H and O–H groups in total. The molecule has 0 saturated carbocycles. The Morgan fingerprint density at radius 3 is 2.82 bits per heavy atom. The van der Waals surface area contributed by atoms with E-state index in [0.717, 1.165) is 11.3 Å². The van der Waals surface area contributed by atoms with Crippen molar-refractivity contribution in [2.75, 3.05) is 0 Å². The number of rotatable bonds is 3. The summed E-state index contributed by atoms with van der Waals surface area (Å²) in [6.07, 6.45) is 0.149. The Bertz CT molecular complexity index is 568. The summed E-state index contributed by atoms with van der Waals surface area (Å²) in [4.78, 5) is 15.1. The van der Waals surface area contributed by atoms with Crippen molar-refractivity contribution in [3.63, 3.8) is 0 Å². The van der Waals surface area contributed by atoms with Crippen LogP contribution in [-0.2, 0) is 11.2 Å². The van der Waals surface area contributed by atoms with Crippen LogP contribution in [0.3, 0.4) is 0 Å². The number of hydrogen-bond donors (Lipinski definition) is 1. The van der Waals surface area contributed by atoms with Gasteiger partial charge in [-0.3, -0.25) is 4.79 Å². The van der Waals surface area contributed by atoms with Gasteiger partial charge in [-0.25, -0.2) is 4.98 Å². The third kappa shape index (κ3) is 2.97. The van der Waals surface area contributed by atoms with Crippen LogP contribution in [0.5, 0.6) is 0 Å². The monoisotopic (exact) mass is 286 g/mol. The number of primary amides is 1. The fourth-order valence-electron chi connectivity index (χ4n) is 1.36. The first-order chi connectivity index (χ1) is 8.06. The molecular formula is C11H8Cl2N2OS. The highest BCUT2D eigenvalue weighted by atomic mass is 35.5. The summed E-state index contributed by atoms with van der Waals surface area (Å²) in [6.45, 7) is 0. The summed E-state index contributed by atoms with van der Waals surface area (Å²) in [5.41, 5.74) is 6.63. The summed E-state index contributed by atoms with van der Waals surface area (Å²) < 4.78 is 0. The van der Waals surface area contributed by atoms with Crippen molar-refractivity contribution in [2.45, 2.75) is 6.42 Å². The molecule has 0 aliphatic heterocycles. The second-order valence-electron chi connectivity index (χ2n) is 3.39. The van der Waals surface area contributed by atoms with Gasteiger partial charge in [0.1, 0.15) is 5.01 Å². The Hall–Kier alpha value is -1.10. The summed E-state index contributed by atoms with van der Waals surface area (Å²) in [5, 5.41) is 3.63. The average Bonchev–Trinajstić information content (AvgIpc) is 2.65. The number of benzene rings is 1. The number of halogens is 2. The predicted molar refractivity (Wildman–Crippen MR) is 70.5 cm³/mol. The first-order valence-corrected chi connectivity index (χ1v) is 6.38. The molecule has 0 fully saturated rings. The molecule has 0 atom stereocenters. The van der Waals surface area contributed by atoms with Crippen molar-refractivity contribution < 1.29 is 4.79 Å². The Morgan fingerprint density at radius 2 is 2.18 bits per heavy atom. The van der Waals surface area contributed by atoms with Crippen LogP contribution in [0.25, 0.3) is 11.3 Å². The number of thiazole rings is 1. The molecule has 0 radical (unpaired) electrons. The smallest absolute Gasteiger partial charge is 0.224 e. The van der Waals surface area contributed by atoms with Crippen LogP contribution in [0.15, 0.2) is 23.6 Å². The topological polar surface area (TPSA) is 56.0 Å². The maximum Gasteiger partial charge on any atom is 0.224 e. The van der Waals surface area contributed by atoms with Crippen molar-refractivity contribution in [1.29, 1.82) is 0 Å². The Kier molecular flexibility index (Phi) is 3.66. The van der Waals surface area contributed by atoms with Crippen molar-refractivity contribution in [1.82, 2.24) is 4.98 Å². The van der Waals surface area contributed by atoms with Crippen LogP contribution in [0.2, 0.25) is 10.0 Å². The second-order valence-corrected chi connectivity index (χ2v) is 5.18. The lowest BCUT2D eigenvalue weighted by Gasteiger charge is -2.00. The summed E-state index contributed by atoms with van der Waals surface area (Å²) in [6, 6.07) is 5.20. The molecule has 0 saturated heterocycles. The largest absolute Gasteiger partial charge is 0.369 e. The fraction of sp³-hybridized carbons (Fsp3) is 0.0909. The van der Waals surface area contributed by atoms with E-state index in [2.05, 4.69) is 4.98 Å². The van der Waals surface area contributed by atoms with E-state index in [9.17, 15) is 4.79 Å². The molecule has 1 amide bonds. The third-order valence-electron chi connectivity index (χ3n) is 2.08. The predicted octanol–water partition coefficient (Wildman–Crippen LogP) is 3.14. The Labute approximate surface area is 112 Å². The molecule has 0 aliphatic rings. The number of nitrogens with zero attached hydrogens (tertiary/aromatic N) is 1. The number of carbonyl (C=O) groups is 1. The van der Waals surface area contributed by atoms with Crippen LogP contribution in [-0.4, -0.2) is 10.9 Å². The first-order valence-electron chi connectivity index (χ1n) is 4.74. The van der Waals surface area contributed by atoms with Crippen molar-refractivity contribution in [2.24, 2.45) is 5.73 Å². The van der Waals surface area contributed by atoms with Gasteiger partial charge in [0.15, 0.2) is 0 Å². The van der Waals surface area contributed by atoms with Gasteiger partial charge in [0.05, 0.1) is 17.1 Å². The first kappa shape index (κ1) is 12.4. The van der Waals surface area contributed by atoms with Gasteiger partial charge >= 0.3 is 0 Å². The molecule has 0 bridgehead atoms. The lowest BCUT2D eigenvalue weighted by molar-refractivity contribution is -0.117. The van der Waals surface area contributed by atoms with Crippen LogP contribution in [0.4, 0.5) is 0 Å². The highest BCUT2D eigenvalue weighted by Gasteiger charge is 2.10. The van der Waals surface area contributed by atoms with Crippen LogP contribution >= 0.6 is 34.5 Å². The highest BCUT2D eigenvalue weighted by molar-refractivity contribution is 7.10. The molecule has 1 aromatic heterocycles. The maximum atomic E-state index is 10.8. The zero-order valence-electron chi connectivity index (χ0n) is 8.61. The van der Waals surface area contributed by atoms with E-state index in [0.29, 0.717) is 15.1 Å². The van der Waals surface area contributed by atoms with Gasteiger partial charge in [0.2, 0.25) is 5.91 Å². The molecule has 2 aromatic rings. The van der Waals surface area contributed by atoms with Gasteiger partial charge in [-0.2, -0.15) is 0 Å². The number of aromatic nitrogens is 1. The average molecular weight is 287 g/mol. The van der Waals surface area contributed by atoms with E-state index in [1.165, 1.54) is 11.3 Å². The number of carbonyl (C=O) groups excluding carboxylic acids is 1. The standard InChI is InChI=1S/C11H8Cl2N2OS/c12-6-1-2-7(8(13)3-6)9-5-17-11(15-9)4-10(14)16/h1-3,5H,4H2,(H2,14,16). The quantitative estimate of drug-likeness (QED) is 0.942. The highest BCUT2D eigenvalue weighted by Crippen LogP contribution is 2.31. The maximum absolute atomic E-state index is 10.8. The van der Waals surface area contributed by atoms with Gasteiger partial charge in [0, 0.05) is 16.0 Å². The van der Waals surface area contributed by atoms with Crippen molar-refractivity contribution in [3.05, 3.63) is 38.6 Å². The zero-order valence-corrected chi connectivity index (χ0v) is 10.9. The summed E-state index contributed by atoms with van der Waals surface area (Å²) >= 11 is 13.3. The summed E-state index contributed by atoms with van der Waals surface area (Å²) in [7, 11) is 0. The minimum absolute atomic E-state index is 0.149. The molecule has 0 unspecified atom stereocenters. The van der Waals surface area contributed by atoms with Gasteiger partial charge in [-0.1, -0.05) is 23.2 Å². The lowest BCUT2D eigenvalue weighted by Crippen LogP contribution is -2.13. The fourth-order valence-corrected chi connectivity index (χ4v) is 2.67. The lowest BCUT2D eigenvalue weighted by atomic mass is 10.2. The molecule has 1 heterocycles. The number of hydrogen-bond acceptors (Lipinski definition) is 3. The molecule has 0 spiro atoms. The Balaban J connectivity index is 2.33. The molecular weight excluding hydrogens is 279 g/mol. The molecule has 2 rings (SSSR count). The third-order valence-corrected chi connectivity index (χ3v) is 3.48. The minimum atomic E-state index is -0.395. The van der Waals surface area contributed by atoms with Crippen molar-refractivity contribution in [3.8, 4) is 11.3 Å². The van der Waals surface area contributed by atoms with E-state index in [4.69, 9.17) is 28.9 Å². The van der Waals surface area contributed by atoms with Gasteiger partial charge in [0.25, 0.3) is 0 Å². The SMILES string of the molecule is NC(=O)Cc1nc(-c2ccc(Cl)cc2Cl)cs1. The molecule has 6 heteroatoms. The molecule has 17 heavy (non-hydrogen) atoms. The molecule has 0 aliphatic carbocycles. The van der Waals surface area contributed by atoms with Crippen LogP contribution in [0.1, 0.15) is 5.01 Å². The number of amides is 1. The van der Waals surface area contributed by atoms with E-state index in [1.807, 2.05) is 5.38 Å². The van der Waals surface area contributed by atoms with Gasteiger partial charge < -0.3 is 5.73 Å². The minimum Gasteiger partial charge on any atom is -0.369 e. The molecule has 88 valence electrons.